The third kappa shape index (κ3) is 6.49. The molecule has 0 bridgehead atoms. The van der Waals surface area contributed by atoms with Crippen molar-refractivity contribution in [1.82, 2.24) is 0 Å². The third-order valence-electron chi connectivity index (χ3n) is 8.22. The highest BCUT2D eigenvalue weighted by Gasteiger charge is 2.50. The Morgan fingerprint density at radius 3 is 2.04 bits per heavy atom. The van der Waals surface area contributed by atoms with Gasteiger partial charge in [0, 0.05) is 12.1 Å². The maximum atomic E-state index is 14.2. The normalized spacial score (nSPS) is 25.1. The molecule has 2 saturated heterocycles. The van der Waals surface area contributed by atoms with Gasteiger partial charge in [0.2, 0.25) is 17.9 Å². The minimum Gasteiger partial charge on any atom is -0.493 e. The highest BCUT2D eigenvalue weighted by Crippen LogP contribution is 2.49. The number of anilines is 1. The molecular formula is C33H36FNO13. The quantitative estimate of drug-likeness (QED) is 0.194. The van der Waals surface area contributed by atoms with Crippen LogP contribution in [0.5, 0.6) is 34.5 Å². The Bertz CT molecular complexity index is 1590. The Labute approximate surface area is 274 Å². The average molecular weight is 674 g/mol. The molecule has 5 rings (SSSR count). The summed E-state index contributed by atoms with van der Waals surface area (Å²) in [6.45, 7) is -0.818. The van der Waals surface area contributed by atoms with Gasteiger partial charge in [-0.25, -0.2) is 4.79 Å². The van der Waals surface area contributed by atoms with Gasteiger partial charge in [0.25, 0.3) is 0 Å². The monoisotopic (exact) mass is 673 g/mol. The lowest BCUT2D eigenvalue weighted by Gasteiger charge is -2.46. The SMILES string of the molecule is COc1ccc([C@H]2[C@H](CF)C(=O)N2c2cc(OC)c(OC)c(OC)c2)cc1OCc1ccc(O[C@@H]2O[C@H](C(=O)O)[C@@H](O)[C@H](O)[C@H]2O)cc1. The Hall–Kier alpha value is -4.83. The summed E-state index contributed by atoms with van der Waals surface area (Å²) in [4.78, 5) is 26.0. The number of methoxy groups -OCH3 is 4. The van der Waals surface area contributed by atoms with E-state index < -0.39 is 61.2 Å². The summed E-state index contributed by atoms with van der Waals surface area (Å²) in [6, 6.07) is 14.0. The van der Waals surface area contributed by atoms with Gasteiger partial charge >= 0.3 is 5.97 Å². The van der Waals surface area contributed by atoms with E-state index in [-0.39, 0.29) is 12.4 Å². The second kappa shape index (κ2) is 14.5. The summed E-state index contributed by atoms with van der Waals surface area (Å²) < 4.78 is 52.7. The van der Waals surface area contributed by atoms with Gasteiger partial charge in [0.1, 0.15) is 37.3 Å². The molecule has 0 saturated carbocycles. The van der Waals surface area contributed by atoms with Gasteiger partial charge in [-0.3, -0.25) is 9.18 Å². The molecule has 7 atom stereocenters. The van der Waals surface area contributed by atoms with Crippen LogP contribution in [0.2, 0.25) is 0 Å². The maximum absolute atomic E-state index is 14.2. The predicted molar refractivity (Wildman–Crippen MR) is 165 cm³/mol. The van der Waals surface area contributed by atoms with Crippen LogP contribution in [0.1, 0.15) is 17.2 Å². The first-order valence-electron chi connectivity index (χ1n) is 14.7. The maximum Gasteiger partial charge on any atom is 0.335 e. The lowest BCUT2D eigenvalue weighted by atomic mass is 9.82. The van der Waals surface area contributed by atoms with Crippen molar-refractivity contribution in [2.45, 2.75) is 43.4 Å². The number of aliphatic carboxylic acids is 1. The molecule has 0 spiro atoms. The van der Waals surface area contributed by atoms with Crippen LogP contribution >= 0.6 is 0 Å². The van der Waals surface area contributed by atoms with Gasteiger partial charge in [0.05, 0.1) is 46.1 Å². The summed E-state index contributed by atoms with van der Waals surface area (Å²) in [5.41, 5.74) is 1.71. The second-order valence-corrected chi connectivity index (χ2v) is 11.0. The number of ether oxygens (including phenoxy) is 7. The van der Waals surface area contributed by atoms with Crippen molar-refractivity contribution in [3.8, 4) is 34.5 Å². The molecule has 2 fully saturated rings. The van der Waals surface area contributed by atoms with Gasteiger partial charge in [-0.15, -0.1) is 0 Å². The van der Waals surface area contributed by atoms with Crippen molar-refractivity contribution in [3.63, 3.8) is 0 Å². The van der Waals surface area contributed by atoms with E-state index in [1.807, 2.05) is 0 Å². The van der Waals surface area contributed by atoms with E-state index in [4.69, 9.17) is 33.2 Å². The number of amides is 1. The van der Waals surface area contributed by atoms with E-state index in [0.717, 1.165) is 0 Å². The molecule has 14 nitrogen and oxygen atoms in total. The summed E-state index contributed by atoms with van der Waals surface area (Å²) in [6.07, 6.45) is -8.68. The predicted octanol–water partition coefficient (Wildman–Crippen LogP) is 2.24. The number of rotatable bonds is 13. The molecule has 2 aliphatic rings. The van der Waals surface area contributed by atoms with Crippen molar-refractivity contribution in [2.24, 2.45) is 5.92 Å². The molecule has 2 heterocycles. The van der Waals surface area contributed by atoms with E-state index in [1.54, 1.807) is 42.5 Å². The van der Waals surface area contributed by atoms with Gasteiger partial charge in [-0.2, -0.15) is 0 Å². The average Bonchev–Trinajstić information content (AvgIpc) is 3.09. The number of hydrogen-bond acceptors (Lipinski definition) is 12. The summed E-state index contributed by atoms with van der Waals surface area (Å²) in [5.74, 6) is -0.921. The highest BCUT2D eigenvalue weighted by atomic mass is 19.1. The van der Waals surface area contributed by atoms with E-state index in [0.29, 0.717) is 45.6 Å². The first-order chi connectivity index (χ1) is 23.1. The van der Waals surface area contributed by atoms with Crippen LogP contribution in [0, 0.1) is 5.92 Å². The lowest BCUT2D eigenvalue weighted by molar-refractivity contribution is -0.271. The van der Waals surface area contributed by atoms with E-state index in [1.165, 1.54) is 45.5 Å². The molecule has 3 aromatic rings. The first-order valence-corrected chi connectivity index (χ1v) is 14.7. The minimum atomic E-state index is -1.84. The van der Waals surface area contributed by atoms with E-state index in [2.05, 4.69) is 0 Å². The number of carboxylic acid groups (broad SMARTS) is 1. The van der Waals surface area contributed by atoms with Gasteiger partial charge in [-0.1, -0.05) is 18.2 Å². The smallest absolute Gasteiger partial charge is 0.335 e. The molecule has 2 aliphatic heterocycles. The van der Waals surface area contributed by atoms with Crippen LogP contribution in [0.4, 0.5) is 10.1 Å². The number of β-lactam (4-membered cyclic amide) rings is 1. The van der Waals surface area contributed by atoms with Gasteiger partial charge in [-0.05, 0) is 35.4 Å². The molecule has 0 unspecified atom stereocenters. The van der Waals surface area contributed by atoms with Crippen LogP contribution in [0.25, 0.3) is 0 Å². The topological polar surface area (TPSA) is 183 Å². The minimum absolute atomic E-state index is 0.0569. The molecule has 0 radical (unpaired) electrons. The van der Waals surface area contributed by atoms with Crippen molar-refractivity contribution in [2.75, 3.05) is 40.0 Å². The molecule has 3 aromatic carbocycles. The zero-order valence-electron chi connectivity index (χ0n) is 26.4. The number of carboxylic acids is 1. The second-order valence-electron chi connectivity index (χ2n) is 11.0. The first kappa shape index (κ1) is 34.5. The van der Waals surface area contributed by atoms with Crippen LogP contribution in [0.15, 0.2) is 54.6 Å². The Morgan fingerprint density at radius 2 is 1.48 bits per heavy atom. The molecule has 15 heteroatoms. The van der Waals surface area contributed by atoms with Gasteiger partial charge < -0.3 is 58.5 Å². The Kier molecular flexibility index (Phi) is 10.4. The fourth-order valence-corrected chi connectivity index (χ4v) is 5.67. The van der Waals surface area contributed by atoms with E-state index in [9.17, 15) is 34.4 Å². The van der Waals surface area contributed by atoms with Crippen LogP contribution in [-0.2, 0) is 20.9 Å². The Morgan fingerprint density at radius 1 is 0.833 bits per heavy atom. The number of carbonyl (C=O) groups excluding carboxylic acids is 1. The van der Waals surface area contributed by atoms with Crippen molar-refractivity contribution < 1.29 is 67.6 Å². The van der Waals surface area contributed by atoms with Crippen molar-refractivity contribution in [3.05, 3.63) is 65.7 Å². The number of carbonyl (C=O) groups is 2. The van der Waals surface area contributed by atoms with Crippen LogP contribution < -0.4 is 33.3 Å². The molecular weight excluding hydrogens is 637 g/mol. The van der Waals surface area contributed by atoms with Crippen molar-refractivity contribution in [1.29, 1.82) is 0 Å². The van der Waals surface area contributed by atoms with Crippen LogP contribution in [-0.4, -0.2) is 98.1 Å². The fourth-order valence-electron chi connectivity index (χ4n) is 5.67. The lowest BCUT2D eigenvalue weighted by Crippen LogP contribution is -2.61. The Balaban J connectivity index is 1.33. The molecule has 1 amide bonds. The molecule has 4 N–H and O–H groups in total. The number of hydrogen-bond donors (Lipinski definition) is 4. The van der Waals surface area contributed by atoms with Gasteiger partial charge in [0.15, 0.2) is 29.1 Å². The molecule has 0 aromatic heterocycles. The fraction of sp³-hybridized carbons (Fsp3) is 0.394. The summed E-state index contributed by atoms with van der Waals surface area (Å²) >= 11 is 0. The van der Waals surface area contributed by atoms with Crippen molar-refractivity contribution >= 4 is 17.6 Å². The number of aliphatic hydroxyl groups is 3. The number of nitrogens with zero attached hydrogens (tertiary/aromatic N) is 1. The summed E-state index contributed by atoms with van der Waals surface area (Å²) in [5, 5.41) is 39.4. The molecule has 0 aliphatic carbocycles. The number of aliphatic hydroxyl groups excluding tert-OH is 3. The van der Waals surface area contributed by atoms with Crippen LogP contribution in [0.3, 0.4) is 0 Å². The highest BCUT2D eigenvalue weighted by molar-refractivity contribution is 6.04. The summed E-state index contributed by atoms with van der Waals surface area (Å²) in [7, 11) is 5.85. The number of benzene rings is 3. The molecule has 48 heavy (non-hydrogen) atoms. The van der Waals surface area contributed by atoms with E-state index >= 15 is 0 Å². The largest absolute Gasteiger partial charge is 0.493 e. The number of halogens is 1. The zero-order chi connectivity index (χ0) is 34.7. The third-order valence-corrected chi connectivity index (χ3v) is 8.22. The standard InChI is InChI=1S/C33H36FNO13/c1-42-21-10-7-17(25-20(14-34)31(39)35(25)18-12-23(43-2)29(45-4)24(13-18)44-3)11-22(21)46-15-16-5-8-19(9-6-16)47-33-28(38)26(36)27(37)30(48-33)32(40)41/h5-13,20,25-28,30,33,36-38H,14-15H2,1-4H3,(H,40,41)/t20-,25-,26-,27-,28+,30-,33+/m0/s1. The zero-order valence-corrected chi connectivity index (χ0v) is 26.4. The number of alkyl halides is 1. The molecule has 258 valence electrons.